The van der Waals surface area contributed by atoms with Crippen molar-refractivity contribution < 1.29 is 14.0 Å². The first-order valence-corrected chi connectivity index (χ1v) is 17.9. The molecule has 0 radical (unpaired) electrons. The molecule has 0 amide bonds. The molecular formula is C29H55N8O3P. The number of piperazine rings is 1. The van der Waals surface area contributed by atoms with Crippen LogP contribution in [0.1, 0.15) is 71.1 Å². The van der Waals surface area contributed by atoms with Gasteiger partial charge in [0.1, 0.15) is 11.6 Å². The number of nitrogens with zero attached hydrogens (tertiary/aromatic N) is 4. The van der Waals surface area contributed by atoms with Gasteiger partial charge in [-0.2, -0.15) is 9.97 Å². The van der Waals surface area contributed by atoms with Crippen LogP contribution in [-0.4, -0.2) is 97.5 Å². The lowest BCUT2D eigenvalue weighted by atomic mass is 9.82. The zero-order chi connectivity index (χ0) is 28.9. The number of nitrogens with one attached hydrogen (secondary N) is 3. The van der Waals surface area contributed by atoms with Gasteiger partial charge in [0.05, 0.1) is 12.8 Å². The molecule has 3 aliphatic rings. The highest BCUT2D eigenvalue weighted by Crippen LogP contribution is 2.41. The van der Waals surface area contributed by atoms with Gasteiger partial charge in [0.25, 0.3) is 0 Å². The van der Waals surface area contributed by atoms with Gasteiger partial charge in [-0.1, -0.05) is 19.3 Å². The molecule has 11 nitrogen and oxygen atoms in total. The third-order valence-corrected chi connectivity index (χ3v) is 10.4. The normalized spacial score (nSPS) is 24.3. The molecule has 1 aromatic rings. The Kier molecular flexibility index (Phi) is 13.4. The molecule has 4 rings (SSSR count). The van der Waals surface area contributed by atoms with Crippen LogP contribution in [0.5, 0.6) is 0 Å². The third kappa shape index (κ3) is 11.6. The second kappa shape index (κ2) is 17.0. The summed E-state index contributed by atoms with van der Waals surface area (Å²) >= 11 is 0. The van der Waals surface area contributed by atoms with E-state index < -0.39 is 7.60 Å². The summed E-state index contributed by atoms with van der Waals surface area (Å²) in [5, 5.41) is 10.9. The quantitative estimate of drug-likeness (QED) is 0.142. The number of nitrogens with two attached hydrogens (primary N) is 1. The molecule has 2 saturated carbocycles. The molecule has 12 heteroatoms. The second-order valence-electron chi connectivity index (χ2n) is 12.2. The Balaban J connectivity index is 1.09. The van der Waals surface area contributed by atoms with Gasteiger partial charge in [0.15, 0.2) is 0 Å². The monoisotopic (exact) mass is 594 g/mol. The fourth-order valence-electron chi connectivity index (χ4n) is 6.44. The number of hydrogen-bond donors (Lipinski definition) is 5. The maximum atomic E-state index is 12.0. The van der Waals surface area contributed by atoms with E-state index >= 15 is 0 Å². The van der Waals surface area contributed by atoms with E-state index in [1.165, 1.54) is 64.2 Å². The van der Waals surface area contributed by atoms with Gasteiger partial charge in [0.2, 0.25) is 5.95 Å². The molecule has 0 spiro atoms. The summed E-state index contributed by atoms with van der Waals surface area (Å²) in [5.41, 5.74) is 6.15. The standard InChI is InChI=1S/C29H55N8O3P/c1-2-40-41(38,39)20-19-36-15-17-37(18-16-36)28-21-27(30)34-29(35-28)33-23-25-11-9-24(10-12-25)22-31-13-6-14-32-26-7-4-3-5-8-26/h21,24-26,31-32H,2-20,22-23H2,1H3,(H,38,39)(H3,30,33,34,35)/t24-,25-. The van der Waals surface area contributed by atoms with Crippen molar-refractivity contribution in [2.24, 2.45) is 11.8 Å². The lowest BCUT2D eigenvalue weighted by Crippen LogP contribution is -2.47. The predicted molar refractivity (Wildman–Crippen MR) is 168 cm³/mol. The Morgan fingerprint density at radius 1 is 1.00 bits per heavy atom. The van der Waals surface area contributed by atoms with Gasteiger partial charge >= 0.3 is 7.60 Å². The fourth-order valence-corrected chi connectivity index (χ4v) is 7.50. The van der Waals surface area contributed by atoms with Gasteiger partial charge in [-0.05, 0) is 83.3 Å². The van der Waals surface area contributed by atoms with E-state index in [0.29, 0.717) is 24.2 Å². The maximum Gasteiger partial charge on any atom is 0.329 e. The molecule has 1 aromatic heterocycles. The van der Waals surface area contributed by atoms with Crippen molar-refractivity contribution in [3.05, 3.63) is 6.07 Å². The minimum atomic E-state index is -3.49. The highest BCUT2D eigenvalue weighted by Gasteiger charge is 2.24. The first-order valence-electron chi connectivity index (χ1n) is 16.2. The summed E-state index contributed by atoms with van der Waals surface area (Å²) in [5.74, 6) is 3.34. The van der Waals surface area contributed by atoms with E-state index in [9.17, 15) is 9.46 Å². The van der Waals surface area contributed by atoms with Crippen LogP contribution in [0.2, 0.25) is 0 Å². The molecule has 3 fully saturated rings. The molecule has 0 aromatic carbocycles. The van der Waals surface area contributed by atoms with E-state index in [1.807, 2.05) is 6.07 Å². The number of aromatic nitrogens is 2. The first-order chi connectivity index (χ1) is 19.9. The zero-order valence-electron chi connectivity index (χ0n) is 25.2. The minimum Gasteiger partial charge on any atom is -0.383 e. The SMILES string of the molecule is CCOP(=O)(O)CCN1CCN(c2cc(N)nc(NC[C@H]3CC[C@H](CNCCCNC4CCCCC4)CC3)n2)CC1. The van der Waals surface area contributed by atoms with Crippen molar-refractivity contribution in [3.63, 3.8) is 0 Å². The molecule has 0 bridgehead atoms. The van der Waals surface area contributed by atoms with Crippen molar-refractivity contribution in [1.29, 1.82) is 0 Å². The molecule has 2 aliphatic carbocycles. The van der Waals surface area contributed by atoms with Crippen molar-refractivity contribution in [2.75, 3.05) is 87.6 Å². The molecule has 2 heterocycles. The van der Waals surface area contributed by atoms with Gasteiger partial charge in [-0.15, -0.1) is 0 Å². The minimum absolute atomic E-state index is 0.159. The van der Waals surface area contributed by atoms with E-state index in [-0.39, 0.29) is 12.8 Å². The Bertz CT molecular complexity index is 935. The largest absolute Gasteiger partial charge is 0.383 e. The van der Waals surface area contributed by atoms with Crippen LogP contribution < -0.4 is 26.6 Å². The van der Waals surface area contributed by atoms with Crippen LogP contribution in [0.4, 0.5) is 17.6 Å². The maximum absolute atomic E-state index is 12.0. The van der Waals surface area contributed by atoms with Crippen LogP contribution in [0.25, 0.3) is 0 Å². The van der Waals surface area contributed by atoms with Crippen molar-refractivity contribution in [3.8, 4) is 0 Å². The van der Waals surface area contributed by atoms with Crippen LogP contribution in [0.15, 0.2) is 6.07 Å². The summed E-state index contributed by atoms with van der Waals surface area (Å²) < 4.78 is 17.0. The molecular weight excluding hydrogens is 539 g/mol. The molecule has 234 valence electrons. The lowest BCUT2D eigenvalue weighted by molar-refractivity contribution is 0.245. The van der Waals surface area contributed by atoms with Gasteiger partial charge in [0, 0.05) is 51.4 Å². The van der Waals surface area contributed by atoms with Gasteiger partial charge < -0.3 is 36.0 Å². The van der Waals surface area contributed by atoms with Crippen LogP contribution in [-0.2, 0) is 9.09 Å². The third-order valence-electron chi connectivity index (χ3n) is 8.98. The van der Waals surface area contributed by atoms with Crippen molar-refractivity contribution >= 4 is 25.2 Å². The van der Waals surface area contributed by atoms with Crippen LogP contribution in [0.3, 0.4) is 0 Å². The number of rotatable bonds is 16. The number of nitrogen functional groups attached to an aromatic ring is 1. The molecule has 1 aliphatic heterocycles. The smallest absolute Gasteiger partial charge is 0.329 e. The average Bonchev–Trinajstić information content (AvgIpc) is 2.98. The first kappa shape index (κ1) is 32.4. The Morgan fingerprint density at radius 2 is 1.71 bits per heavy atom. The summed E-state index contributed by atoms with van der Waals surface area (Å²) in [6, 6.07) is 2.60. The predicted octanol–water partition coefficient (Wildman–Crippen LogP) is 3.52. The molecule has 1 atom stereocenters. The van der Waals surface area contributed by atoms with Gasteiger partial charge in [-0.25, -0.2) is 0 Å². The van der Waals surface area contributed by atoms with Crippen LogP contribution in [0, 0.1) is 11.8 Å². The van der Waals surface area contributed by atoms with E-state index in [2.05, 4.69) is 30.7 Å². The van der Waals surface area contributed by atoms with E-state index in [4.69, 9.17) is 15.2 Å². The molecule has 41 heavy (non-hydrogen) atoms. The van der Waals surface area contributed by atoms with E-state index in [1.54, 1.807) is 6.92 Å². The Labute approximate surface area is 247 Å². The second-order valence-corrected chi connectivity index (χ2v) is 14.2. The lowest BCUT2D eigenvalue weighted by Gasteiger charge is -2.35. The summed E-state index contributed by atoms with van der Waals surface area (Å²) in [6.45, 7) is 10.00. The summed E-state index contributed by atoms with van der Waals surface area (Å²) in [7, 11) is -3.49. The van der Waals surface area contributed by atoms with Crippen LogP contribution >= 0.6 is 7.60 Å². The molecule has 6 N–H and O–H groups in total. The Morgan fingerprint density at radius 3 is 2.41 bits per heavy atom. The number of hydrogen-bond acceptors (Lipinski definition) is 10. The summed E-state index contributed by atoms with van der Waals surface area (Å²) in [4.78, 5) is 23.5. The summed E-state index contributed by atoms with van der Waals surface area (Å²) in [6.07, 6.45) is 13.4. The van der Waals surface area contributed by atoms with Gasteiger partial charge in [-0.3, -0.25) is 9.46 Å². The molecule has 1 saturated heterocycles. The zero-order valence-corrected chi connectivity index (χ0v) is 26.1. The number of anilines is 3. The van der Waals surface area contributed by atoms with Crippen molar-refractivity contribution in [1.82, 2.24) is 25.5 Å². The average molecular weight is 595 g/mol. The Hall–Kier alpha value is -1.49. The highest BCUT2D eigenvalue weighted by molar-refractivity contribution is 7.52. The van der Waals surface area contributed by atoms with Crippen molar-refractivity contribution in [2.45, 2.75) is 77.2 Å². The fraction of sp³-hybridized carbons (Fsp3) is 0.862. The topological polar surface area (TPSA) is 141 Å². The van der Waals surface area contributed by atoms with E-state index in [0.717, 1.165) is 70.1 Å². The molecule has 1 unspecified atom stereocenters. The highest BCUT2D eigenvalue weighted by atomic mass is 31.2.